The largest absolute Gasteiger partial charge is 0.481 e. The number of unbranched alkanes of at least 4 members (excludes halogenated alkanes) is 2. The highest BCUT2D eigenvalue weighted by Gasteiger charge is 2.15. The molecular formula is C12H24O3. The van der Waals surface area contributed by atoms with Crippen molar-refractivity contribution in [3.63, 3.8) is 0 Å². The molecule has 0 aromatic rings. The van der Waals surface area contributed by atoms with Gasteiger partial charge in [0.2, 0.25) is 0 Å². The summed E-state index contributed by atoms with van der Waals surface area (Å²) in [4.78, 5) is 10.5. The summed E-state index contributed by atoms with van der Waals surface area (Å²) in [6.45, 7) is 4.30. The Kier molecular flexibility index (Phi) is 8.38. The van der Waals surface area contributed by atoms with Crippen LogP contribution in [0.25, 0.3) is 0 Å². The van der Waals surface area contributed by atoms with Gasteiger partial charge < -0.3 is 10.2 Å². The van der Waals surface area contributed by atoms with Gasteiger partial charge in [-0.1, -0.05) is 39.5 Å². The fraction of sp³-hybridized carbons (Fsp3) is 0.917. The Morgan fingerprint density at radius 2 is 2.00 bits per heavy atom. The van der Waals surface area contributed by atoms with Crippen molar-refractivity contribution >= 4 is 5.97 Å². The van der Waals surface area contributed by atoms with E-state index in [1.807, 2.05) is 0 Å². The van der Waals surface area contributed by atoms with Gasteiger partial charge in [-0.25, -0.2) is 0 Å². The summed E-state index contributed by atoms with van der Waals surface area (Å²) in [6.07, 6.45) is 5.73. The lowest BCUT2D eigenvalue weighted by Gasteiger charge is -2.17. The van der Waals surface area contributed by atoms with E-state index >= 15 is 0 Å². The second-order valence-corrected chi connectivity index (χ2v) is 4.48. The second-order valence-electron chi connectivity index (χ2n) is 4.48. The monoisotopic (exact) mass is 216 g/mol. The maximum absolute atomic E-state index is 10.5. The fourth-order valence-corrected chi connectivity index (χ4v) is 1.90. The number of hydrogen-bond donors (Lipinski definition) is 2. The molecule has 0 spiro atoms. The molecule has 0 saturated heterocycles. The zero-order chi connectivity index (χ0) is 11.7. The van der Waals surface area contributed by atoms with E-state index in [1.165, 1.54) is 19.3 Å². The van der Waals surface area contributed by atoms with E-state index in [-0.39, 0.29) is 18.9 Å². The van der Waals surface area contributed by atoms with Crippen LogP contribution in [0.3, 0.4) is 0 Å². The highest BCUT2D eigenvalue weighted by molar-refractivity contribution is 5.67. The summed E-state index contributed by atoms with van der Waals surface area (Å²) in [5.74, 6) is -0.359. The van der Waals surface area contributed by atoms with Crippen LogP contribution in [-0.4, -0.2) is 22.8 Å². The predicted octanol–water partition coefficient (Wildman–Crippen LogP) is 2.68. The van der Waals surface area contributed by atoms with Gasteiger partial charge in [0.05, 0.1) is 6.42 Å². The smallest absolute Gasteiger partial charge is 0.303 e. The van der Waals surface area contributed by atoms with Crippen LogP contribution in [0.1, 0.15) is 52.4 Å². The molecule has 0 saturated carbocycles. The molecule has 0 heterocycles. The number of aliphatic hydroxyl groups is 1. The van der Waals surface area contributed by atoms with E-state index in [2.05, 4.69) is 13.8 Å². The lowest BCUT2D eigenvalue weighted by molar-refractivity contribution is -0.138. The summed E-state index contributed by atoms with van der Waals surface area (Å²) < 4.78 is 0. The first-order valence-corrected chi connectivity index (χ1v) is 5.92. The molecule has 3 heteroatoms. The molecule has 0 bridgehead atoms. The third kappa shape index (κ3) is 8.43. The van der Waals surface area contributed by atoms with Crippen LogP contribution in [0, 0.1) is 11.8 Å². The van der Waals surface area contributed by atoms with E-state index in [0.717, 1.165) is 12.8 Å². The molecule has 90 valence electrons. The summed E-state index contributed by atoms with van der Waals surface area (Å²) in [7, 11) is 0. The van der Waals surface area contributed by atoms with Crippen molar-refractivity contribution in [3.05, 3.63) is 0 Å². The molecule has 0 fully saturated rings. The van der Waals surface area contributed by atoms with Crippen LogP contribution in [0.4, 0.5) is 0 Å². The Labute approximate surface area is 92.5 Å². The number of hydrogen-bond acceptors (Lipinski definition) is 2. The molecule has 0 amide bonds. The van der Waals surface area contributed by atoms with Crippen molar-refractivity contribution in [2.45, 2.75) is 52.4 Å². The minimum absolute atomic E-state index is 0.00951. The molecule has 2 atom stereocenters. The number of carbonyl (C=O) groups is 1. The van der Waals surface area contributed by atoms with Gasteiger partial charge in [-0.3, -0.25) is 4.79 Å². The third-order valence-corrected chi connectivity index (χ3v) is 2.76. The van der Waals surface area contributed by atoms with Gasteiger partial charge in [0.15, 0.2) is 0 Å². The van der Waals surface area contributed by atoms with Crippen LogP contribution in [0.15, 0.2) is 0 Å². The van der Waals surface area contributed by atoms with Gasteiger partial charge in [0.25, 0.3) is 0 Å². The highest BCUT2D eigenvalue weighted by Crippen LogP contribution is 2.20. The predicted molar refractivity (Wildman–Crippen MR) is 60.8 cm³/mol. The van der Waals surface area contributed by atoms with Gasteiger partial charge in [0, 0.05) is 6.61 Å². The first-order chi connectivity index (χ1) is 7.10. The zero-order valence-corrected chi connectivity index (χ0v) is 9.91. The van der Waals surface area contributed by atoms with Crippen molar-refractivity contribution < 1.29 is 15.0 Å². The van der Waals surface area contributed by atoms with Crippen LogP contribution in [0.5, 0.6) is 0 Å². The molecule has 15 heavy (non-hydrogen) atoms. The molecule has 0 radical (unpaired) electrons. The molecule has 0 unspecified atom stereocenters. The zero-order valence-electron chi connectivity index (χ0n) is 9.91. The van der Waals surface area contributed by atoms with Crippen molar-refractivity contribution in [2.75, 3.05) is 6.61 Å². The molecule has 2 N–H and O–H groups in total. The lowest BCUT2D eigenvalue weighted by atomic mass is 9.90. The van der Waals surface area contributed by atoms with Gasteiger partial charge in [0.1, 0.15) is 0 Å². The number of rotatable bonds is 9. The Hall–Kier alpha value is -0.570. The Balaban J connectivity index is 3.69. The number of carboxylic acids is 1. The molecule has 0 aliphatic carbocycles. The number of aliphatic carboxylic acids is 1. The minimum Gasteiger partial charge on any atom is -0.481 e. The van der Waals surface area contributed by atoms with E-state index in [0.29, 0.717) is 5.92 Å². The van der Waals surface area contributed by atoms with E-state index < -0.39 is 5.97 Å². The van der Waals surface area contributed by atoms with Crippen molar-refractivity contribution in [2.24, 2.45) is 11.8 Å². The van der Waals surface area contributed by atoms with Gasteiger partial charge in [-0.15, -0.1) is 0 Å². The molecule has 0 rings (SSSR count). The second kappa shape index (κ2) is 8.72. The highest BCUT2D eigenvalue weighted by atomic mass is 16.4. The summed E-state index contributed by atoms with van der Waals surface area (Å²) in [6, 6.07) is 0. The quantitative estimate of drug-likeness (QED) is 0.583. The summed E-state index contributed by atoms with van der Waals surface area (Å²) in [5.41, 5.74) is 0. The average Bonchev–Trinajstić information content (AvgIpc) is 2.16. The van der Waals surface area contributed by atoms with Gasteiger partial charge in [-0.05, 0) is 18.3 Å². The first kappa shape index (κ1) is 14.4. The first-order valence-electron chi connectivity index (χ1n) is 5.92. The molecular weight excluding hydrogens is 192 g/mol. The van der Waals surface area contributed by atoms with Crippen LogP contribution in [-0.2, 0) is 4.79 Å². The van der Waals surface area contributed by atoms with Gasteiger partial charge >= 0.3 is 5.97 Å². The number of carboxylic acid groups (broad SMARTS) is 1. The standard InChI is InChI=1S/C12H24O3/c1-3-4-5-6-10(2)7-11(9-13)8-12(14)15/h10-11,13H,3-9H2,1-2H3,(H,14,15)/t10-,11+/m1/s1. The molecule has 0 aliphatic rings. The van der Waals surface area contributed by atoms with E-state index in [4.69, 9.17) is 10.2 Å². The molecule has 0 aliphatic heterocycles. The average molecular weight is 216 g/mol. The fourth-order valence-electron chi connectivity index (χ4n) is 1.90. The van der Waals surface area contributed by atoms with Crippen LogP contribution >= 0.6 is 0 Å². The van der Waals surface area contributed by atoms with Crippen LogP contribution in [0.2, 0.25) is 0 Å². The third-order valence-electron chi connectivity index (χ3n) is 2.76. The lowest BCUT2D eigenvalue weighted by Crippen LogP contribution is -2.15. The summed E-state index contributed by atoms with van der Waals surface area (Å²) >= 11 is 0. The minimum atomic E-state index is -0.810. The Bertz CT molecular complexity index is 168. The van der Waals surface area contributed by atoms with Crippen molar-refractivity contribution in [1.82, 2.24) is 0 Å². The number of aliphatic hydroxyl groups excluding tert-OH is 1. The Morgan fingerprint density at radius 1 is 1.33 bits per heavy atom. The molecule has 0 aromatic heterocycles. The topological polar surface area (TPSA) is 57.5 Å². The van der Waals surface area contributed by atoms with Crippen molar-refractivity contribution in [1.29, 1.82) is 0 Å². The molecule has 0 aromatic carbocycles. The summed E-state index contributed by atoms with van der Waals surface area (Å²) in [5, 5.41) is 17.7. The SMILES string of the molecule is CCCCC[C@@H](C)C[C@H](CO)CC(=O)O. The van der Waals surface area contributed by atoms with Crippen LogP contribution < -0.4 is 0 Å². The van der Waals surface area contributed by atoms with E-state index in [9.17, 15) is 4.79 Å². The maximum Gasteiger partial charge on any atom is 0.303 e. The molecule has 3 nitrogen and oxygen atoms in total. The van der Waals surface area contributed by atoms with E-state index in [1.54, 1.807) is 0 Å². The maximum atomic E-state index is 10.5. The Morgan fingerprint density at radius 3 is 2.47 bits per heavy atom. The normalized spacial score (nSPS) is 14.9. The van der Waals surface area contributed by atoms with Gasteiger partial charge in [-0.2, -0.15) is 0 Å². The van der Waals surface area contributed by atoms with Crippen molar-refractivity contribution in [3.8, 4) is 0 Å².